The average molecular weight is 354 g/mol. The van der Waals surface area contributed by atoms with E-state index >= 15 is 0 Å². The minimum Gasteiger partial charge on any atom is -0.466 e. The maximum atomic E-state index is 12.1. The molecule has 0 aliphatic carbocycles. The summed E-state index contributed by atoms with van der Waals surface area (Å²) in [6.45, 7) is 2.51. The molecule has 0 aliphatic heterocycles. The van der Waals surface area contributed by atoms with Crippen molar-refractivity contribution in [2.75, 3.05) is 18.5 Å². The van der Waals surface area contributed by atoms with Gasteiger partial charge in [0.1, 0.15) is 0 Å². The molecule has 136 valence electrons. The first-order valence-electron chi connectivity index (χ1n) is 8.50. The summed E-state index contributed by atoms with van der Waals surface area (Å²) in [5, 5.41) is 5.53. The summed E-state index contributed by atoms with van der Waals surface area (Å²) in [5.74, 6) is -0.697. The number of rotatable bonds is 8. The molecule has 0 bridgehead atoms. The quantitative estimate of drug-likeness (QED) is 0.564. The van der Waals surface area contributed by atoms with Gasteiger partial charge in [0.2, 0.25) is 0 Å². The Balaban J connectivity index is 1.80. The lowest BCUT2D eigenvalue weighted by molar-refractivity contribution is -0.143. The van der Waals surface area contributed by atoms with Crippen molar-refractivity contribution < 1.29 is 19.1 Å². The second-order valence-electron chi connectivity index (χ2n) is 5.56. The number of carbonyl (C=O) groups is 3. The van der Waals surface area contributed by atoms with Crippen LogP contribution in [0.3, 0.4) is 0 Å². The molecule has 0 atom stereocenters. The largest absolute Gasteiger partial charge is 0.466 e. The van der Waals surface area contributed by atoms with Gasteiger partial charge in [0.15, 0.2) is 0 Å². The summed E-state index contributed by atoms with van der Waals surface area (Å²) in [7, 11) is 0. The highest BCUT2D eigenvalue weighted by atomic mass is 16.5. The Morgan fingerprint density at radius 2 is 1.54 bits per heavy atom. The third-order valence-corrected chi connectivity index (χ3v) is 3.59. The first-order valence-corrected chi connectivity index (χ1v) is 8.50. The topological polar surface area (TPSA) is 84.5 Å². The molecular weight excluding hydrogens is 332 g/mol. The van der Waals surface area contributed by atoms with Crippen LogP contribution >= 0.6 is 0 Å². The van der Waals surface area contributed by atoms with Gasteiger partial charge in [0.25, 0.3) is 11.8 Å². The fourth-order valence-corrected chi connectivity index (χ4v) is 2.27. The standard InChI is InChI=1S/C20H22N2O4/c1-2-26-18(23)9-6-14-21-19(24)16-10-12-17(13-11-16)22-20(25)15-7-4-3-5-8-15/h3-5,7-8,10-13H,2,6,9,14H2,1H3,(H,21,24)(H,22,25). The summed E-state index contributed by atoms with van der Waals surface area (Å²) < 4.78 is 4.82. The van der Waals surface area contributed by atoms with Crippen LogP contribution in [-0.2, 0) is 9.53 Å². The molecule has 2 aromatic rings. The fourth-order valence-electron chi connectivity index (χ4n) is 2.27. The third-order valence-electron chi connectivity index (χ3n) is 3.59. The van der Waals surface area contributed by atoms with Gasteiger partial charge in [0, 0.05) is 29.8 Å². The van der Waals surface area contributed by atoms with Crippen LogP contribution in [-0.4, -0.2) is 30.9 Å². The smallest absolute Gasteiger partial charge is 0.305 e. The number of ether oxygens (including phenoxy) is 1. The summed E-state index contributed by atoms with van der Waals surface area (Å²) in [6, 6.07) is 15.5. The van der Waals surface area contributed by atoms with E-state index in [2.05, 4.69) is 10.6 Å². The maximum absolute atomic E-state index is 12.1. The average Bonchev–Trinajstić information content (AvgIpc) is 2.66. The first kappa shape index (κ1) is 19.2. The molecule has 2 N–H and O–H groups in total. The molecule has 6 nitrogen and oxygen atoms in total. The Bertz CT molecular complexity index is 742. The number of benzene rings is 2. The molecule has 6 heteroatoms. The normalized spacial score (nSPS) is 10.0. The number of anilines is 1. The number of carbonyl (C=O) groups excluding carboxylic acids is 3. The monoisotopic (exact) mass is 354 g/mol. The molecule has 2 aromatic carbocycles. The number of amides is 2. The third kappa shape index (κ3) is 6.05. The van der Waals surface area contributed by atoms with Gasteiger partial charge in [-0.1, -0.05) is 18.2 Å². The Labute approximate surface area is 152 Å². The van der Waals surface area contributed by atoms with Gasteiger partial charge >= 0.3 is 5.97 Å². The van der Waals surface area contributed by atoms with E-state index in [1.165, 1.54) is 0 Å². The van der Waals surface area contributed by atoms with Crippen LogP contribution in [0.1, 0.15) is 40.5 Å². The van der Waals surface area contributed by atoms with E-state index in [4.69, 9.17) is 4.74 Å². The highest BCUT2D eigenvalue weighted by molar-refractivity contribution is 6.04. The molecular formula is C20H22N2O4. The summed E-state index contributed by atoms with van der Waals surface area (Å²) in [5.41, 5.74) is 1.66. The van der Waals surface area contributed by atoms with Crippen LogP contribution < -0.4 is 10.6 Å². The summed E-state index contributed by atoms with van der Waals surface area (Å²) >= 11 is 0. The lowest BCUT2D eigenvalue weighted by Gasteiger charge is -2.08. The number of esters is 1. The molecule has 0 heterocycles. The number of hydrogen-bond acceptors (Lipinski definition) is 4. The molecule has 2 rings (SSSR count). The van der Waals surface area contributed by atoms with Crippen molar-refractivity contribution in [1.82, 2.24) is 5.32 Å². The number of nitrogens with one attached hydrogen (secondary N) is 2. The van der Waals surface area contributed by atoms with Crippen LogP contribution in [0.25, 0.3) is 0 Å². The van der Waals surface area contributed by atoms with E-state index < -0.39 is 0 Å². The molecule has 0 saturated heterocycles. The summed E-state index contributed by atoms with van der Waals surface area (Å²) in [6.07, 6.45) is 0.800. The lowest BCUT2D eigenvalue weighted by atomic mass is 10.1. The minimum absolute atomic E-state index is 0.207. The predicted octanol–water partition coefficient (Wildman–Crippen LogP) is 3.01. The summed E-state index contributed by atoms with van der Waals surface area (Å²) in [4.78, 5) is 35.4. The van der Waals surface area contributed by atoms with Crippen molar-refractivity contribution in [3.63, 3.8) is 0 Å². The van der Waals surface area contributed by atoms with Crippen molar-refractivity contribution in [3.05, 3.63) is 65.7 Å². The highest BCUT2D eigenvalue weighted by Gasteiger charge is 2.08. The van der Waals surface area contributed by atoms with Crippen molar-refractivity contribution >= 4 is 23.5 Å². The first-order chi connectivity index (χ1) is 12.6. The molecule has 2 amide bonds. The SMILES string of the molecule is CCOC(=O)CCCNC(=O)c1ccc(NC(=O)c2ccccc2)cc1. The lowest BCUT2D eigenvalue weighted by Crippen LogP contribution is -2.25. The van der Waals surface area contributed by atoms with Crippen LogP contribution in [0, 0.1) is 0 Å². The van der Waals surface area contributed by atoms with E-state index in [9.17, 15) is 14.4 Å². The molecule has 26 heavy (non-hydrogen) atoms. The van der Waals surface area contributed by atoms with Gasteiger partial charge in [-0.3, -0.25) is 14.4 Å². The Morgan fingerprint density at radius 3 is 2.19 bits per heavy atom. The number of hydrogen-bond donors (Lipinski definition) is 2. The maximum Gasteiger partial charge on any atom is 0.305 e. The van der Waals surface area contributed by atoms with Crippen molar-refractivity contribution in [1.29, 1.82) is 0 Å². The van der Waals surface area contributed by atoms with Crippen LogP contribution in [0.4, 0.5) is 5.69 Å². The Morgan fingerprint density at radius 1 is 0.885 bits per heavy atom. The van der Waals surface area contributed by atoms with E-state index in [0.717, 1.165) is 0 Å². The zero-order valence-corrected chi connectivity index (χ0v) is 14.7. The van der Waals surface area contributed by atoms with Gasteiger partial charge in [-0.15, -0.1) is 0 Å². The second-order valence-corrected chi connectivity index (χ2v) is 5.56. The van der Waals surface area contributed by atoms with E-state index in [1.54, 1.807) is 55.5 Å². The van der Waals surface area contributed by atoms with Crippen LogP contribution in [0.2, 0.25) is 0 Å². The van der Waals surface area contributed by atoms with E-state index in [-0.39, 0.29) is 24.2 Å². The van der Waals surface area contributed by atoms with Gasteiger partial charge in [-0.25, -0.2) is 0 Å². The van der Waals surface area contributed by atoms with Crippen LogP contribution in [0.15, 0.2) is 54.6 Å². The zero-order valence-electron chi connectivity index (χ0n) is 14.7. The fraction of sp³-hybridized carbons (Fsp3) is 0.250. The van der Waals surface area contributed by atoms with Crippen molar-refractivity contribution in [3.8, 4) is 0 Å². The predicted molar refractivity (Wildman–Crippen MR) is 99.0 cm³/mol. The molecule has 0 aliphatic rings. The Hall–Kier alpha value is -3.15. The molecule has 0 unspecified atom stereocenters. The second kappa shape index (κ2) is 9.98. The highest BCUT2D eigenvalue weighted by Crippen LogP contribution is 2.11. The van der Waals surface area contributed by atoms with Gasteiger partial charge in [-0.2, -0.15) is 0 Å². The molecule has 0 aromatic heterocycles. The molecule has 0 spiro atoms. The molecule has 0 radical (unpaired) electrons. The van der Waals surface area contributed by atoms with Crippen LogP contribution in [0.5, 0.6) is 0 Å². The van der Waals surface area contributed by atoms with Gasteiger partial charge in [-0.05, 0) is 49.7 Å². The zero-order chi connectivity index (χ0) is 18.8. The molecule has 0 fully saturated rings. The van der Waals surface area contributed by atoms with Gasteiger partial charge < -0.3 is 15.4 Å². The Kier molecular flexibility index (Phi) is 7.36. The van der Waals surface area contributed by atoms with E-state index in [0.29, 0.717) is 36.4 Å². The van der Waals surface area contributed by atoms with Crippen molar-refractivity contribution in [2.45, 2.75) is 19.8 Å². The molecule has 0 saturated carbocycles. The minimum atomic E-state index is -0.264. The van der Waals surface area contributed by atoms with Gasteiger partial charge in [0.05, 0.1) is 6.61 Å². The van der Waals surface area contributed by atoms with Crippen molar-refractivity contribution in [2.24, 2.45) is 0 Å². The van der Waals surface area contributed by atoms with E-state index in [1.807, 2.05) is 6.07 Å².